The van der Waals surface area contributed by atoms with Gasteiger partial charge in [0, 0.05) is 18.4 Å². The van der Waals surface area contributed by atoms with Crippen molar-refractivity contribution < 1.29 is 28.6 Å². The molecular formula is C21H22FNO5. The molecule has 0 saturated carbocycles. The van der Waals surface area contributed by atoms with Gasteiger partial charge in [0.05, 0.1) is 19.6 Å². The molecule has 0 aliphatic heterocycles. The summed E-state index contributed by atoms with van der Waals surface area (Å²) in [5, 5.41) is 11.7. The maximum absolute atomic E-state index is 13.1. The first-order valence-corrected chi connectivity index (χ1v) is 8.83. The lowest BCUT2D eigenvalue weighted by atomic mass is 10.0. The van der Waals surface area contributed by atoms with Crippen LogP contribution in [-0.4, -0.2) is 29.9 Å². The van der Waals surface area contributed by atoms with E-state index in [0.29, 0.717) is 23.3 Å². The Kier molecular flexibility index (Phi) is 7.68. The molecule has 0 fully saturated rings. The van der Waals surface area contributed by atoms with E-state index in [-0.39, 0.29) is 31.0 Å². The fourth-order valence-electron chi connectivity index (χ4n) is 2.72. The molecule has 1 atom stereocenters. The molecule has 0 saturated heterocycles. The highest BCUT2D eigenvalue weighted by Gasteiger charge is 2.18. The Morgan fingerprint density at radius 2 is 1.68 bits per heavy atom. The summed E-state index contributed by atoms with van der Waals surface area (Å²) in [5.41, 5.74) is 1.04. The Labute approximate surface area is 162 Å². The van der Waals surface area contributed by atoms with Gasteiger partial charge in [0.15, 0.2) is 5.78 Å². The minimum absolute atomic E-state index is 0.0825. The van der Waals surface area contributed by atoms with Crippen LogP contribution in [0.5, 0.6) is 5.75 Å². The number of hydrogen-bond donors (Lipinski definition) is 2. The monoisotopic (exact) mass is 387 g/mol. The Morgan fingerprint density at radius 1 is 1.04 bits per heavy atom. The predicted octanol–water partition coefficient (Wildman–Crippen LogP) is 3.52. The first-order chi connectivity index (χ1) is 13.4. The molecule has 0 heterocycles. The van der Waals surface area contributed by atoms with Crippen LogP contribution in [0.2, 0.25) is 0 Å². The molecule has 2 aromatic rings. The van der Waals surface area contributed by atoms with Crippen LogP contribution in [0.3, 0.4) is 0 Å². The van der Waals surface area contributed by atoms with Gasteiger partial charge in [-0.1, -0.05) is 12.1 Å². The summed E-state index contributed by atoms with van der Waals surface area (Å²) >= 11 is 0. The molecule has 0 bridgehead atoms. The van der Waals surface area contributed by atoms with E-state index in [1.807, 2.05) is 0 Å². The number of hydrogen-bond acceptors (Lipinski definition) is 4. The molecule has 2 rings (SSSR count). The highest BCUT2D eigenvalue weighted by molar-refractivity contribution is 5.96. The van der Waals surface area contributed by atoms with E-state index in [2.05, 4.69) is 5.32 Å². The van der Waals surface area contributed by atoms with Crippen molar-refractivity contribution in [1.29, 1.82) is 0 Å². The number of amides is 1. The van der Waals surface area contributed by atoms with Crippen molar-refractivity contribution in [2.24, 2.45) is 0 Å². The highest BCUT2D eigenvalue weighted by Crippen LogP contribution is 2.18. The van der Waals surface area contributed by atoms with Crippen molar-refractivity contribution in [1.82, 2.24) is 5.32 Å². The fraction of sp³-hybridized carbons (Fsp3) is 0.286. The zero-order valence-corrected chi connectivity index (χ0v) is 15.5. The minimum atomic E-state index is -1.08. The summed E-state index contributed by atoms with van der Waals surface area (Å²) in [5.74, 6) is -1.32. The number of benzene rings is 2. The summed E-state index contributed by atoms with van der Waals surface area (Å²) in [6.45, 7) is 0. The highest BCUT2D eigenvalue weighted by atomic mass is 19.1. The van der Waals surface area contributed by atoms with E-state index in [0.717, 1.165) is 0 Å². The van der Waals surface area contributed by atoms with E-state index in [1.54, 1.807) is 31.4 Å². The molecule has 2 N–H and O–H groups in total. The van der Waals surface area contributed by atoms with Gasteiger partial charge in [0.1, 0.15) is 11.6 Å². The van der Waals surface area contributed by atoms with Crippen molar-refractivity contribution in [2.45, 2.75) is 31.7 Å². The zero-order valence-electron chi connectivity index (χ0n) is 15.5. The molecule has 148 valence electrons. The van der Waals surface area contributed by atoms with E-state index < -0.39 is 17.8 Å². The largest absolute Gasteiger partial charge is 0.497 e. The second kappa shape index (κ2) is 10.2. The van der Waals surface area contributed by atoms with Crippen LogP contribution < -0.4 is 10.1 Å². The van der Waals surface area contributed by atoms with Crippen molar-refractivity contribution in [3.05, 3.63) is 65.5 Å². The van der Waals surface area contributed by atoms with Gasteiger partial charge in [-0.25, -0.2) is 4.39 Å². The maximum Gasteiger partial charge on any atom is 0.305 e. The third-order valence-electron chi connectivity index (χ3n) is 4.21. The van der Waals surface area contributed by atoms with Gasteiger partial charge in [0.2, 0.25) is 5.91 Å². The topological polar surface area (TPSA) is 92.7 Å². The fourth-order valence-corrected chi connectivity index (χ4v) is 2.72. The second-order valence-corrected chi connectivity index (χ2v) is 6.27. The molecule has 0 aliphatic carbocycles. The van der Waals surface area contributed by atoms with E-state index in [1.165, 1.54) is 24.3 Å². The van der Waals surface area contributed by atoms with E-state index >= 15 is 0 Å². The summed E-state index contributed by atoms with van der Waals surface area (Å²) in [6.07, 6.45) is 0.293. The van der Waals surface area contributed by atoms with Crippen LogP contribution >= 0.6 is 0 Å². The summed E-state index contributed by atoms with van der Waals surface area (Å²) < 4.78 is 18.1. The van der Waals surface area contributed by atoms with Gasteiger partial charge in [-0.05, 0) is 48.4 Å². The molecule has 7 heteroatoms. The Hall–Kier alpha value is -3.22. The van der Waals surface area contributed by atoms with Gasteiger partial charge < -0.3 is 15.2 Å². The van der Waals surface area contributed by atoms with Crippen molar-refractivity contribution >= 4 is 17.7 Å². The smallest absolute Gasteiger partial charge is 0.305 e. The first-order valence-electron chi connectivity index (χ1n) is 8.83. The summed E-state index contributed by atoms with van der Waals surface area (Å²) in [7, 11) is 1.54. The molecule has 2 aromatic carbocycles. The standard InChI is InChI=1S/C21H22FNO5/c1-28-17-11-7-15(8-12-17)19(24)3-2-4-20(25)23-18(13-21(26)27)14-5-9-16(22)10-6-14/h5-12,18H,2-4,13H2,1H3,(H,23,25)(H,26,27). The third kappa shape index (κ3) is 6.50. The number of carbonyl (C=O) groups excluding carboxylic acids is 2. The van der Waals surface area contributed by atoms with Crippen LogP contribution in [0.4, 0.5) is 4.39 Å². The van der Waals surface area contributed by atoms with Gasteiger partial charge in [-0.3, -0.25) is 14.4 Å². The predicted molar refractivity (Wildman–Crippen MR) is 101 cm³/mol. The van der Waals surface area contributed by atoms with Crippen molar-refractivity contribution in [3.63, 3.8) is 0 Å². The molecule has 1 unspecified atom stereocenters. The number of nitrogens with one attached hydrogen (secondary N) is 1. The zero-order chi connectivity index (χ0) is 20.5. The van der Waals surface area contributed by atoms with Crippen LogP contribution in [0.1, 0.15) is 47.6 Å². The number of ketones is 1. The molecule has 1 amide bonds. The van der Waals surface area contributed by atoms with Gasteiger partial charge in [0.25, 0.3) is 0 Å². The molecular weight excluding hydrogens is 365 g/mol. The second-order valence-electron chi connectivity index (χ2n) is 6.27. The Balaban J connectivity index is 1.87. The molecule has 0 aromatic heterocycles. The average Bonchev–Trinajstić information content (AvgIpc) is 2.67. The number of carboxylic acids is 1. The molecule has 0 radical (unpaired) electrons. The van der Waals surface area contributed by atoms with Gasteiger partial charge >= 0.3 is 5.97 Å². The molecule has 0 aliphatic rings. The Bertz CT molecular complexity index is 818. The average molecular weight is 387 g/mol. The lowest BCUT2D eigenvalue weighted by molar-refractivity contribution is -0.137. The number of aliphatic carboxylic acids is 1. The number of rotatable bonds is 10. The van der Waals surface area contributed by atoms with Crippen LogP contribution in [0, 0.1) is 5.82 Å². The van der Waals surface area contributed by atoms with Gasteiger partial charge in [-0.15, -0.1) is 0 Å². The molecule has 6 nitrogen and oxygen atoms in total. The first kappa shape index (κ1) is 21.1. The number of methoxy groups -OCH3 is 1. The number of carboxylic acid groups (broad SMARTS) is 1. The molecule has 28 heavy (non-hydrogen) atoms. The summed E-state index contributed by atoms with van der Waals surface area (Å²) in [6, 6.07) is 11.3. The molecule has 0 spiro atoms. The number of halogens is 1. The van der Waals surface area contributed by atoms with E-state index in [4.69, 9.17) is 9.84 Å². The SMILES string of the molecule is COc1ccc(C(=O)CCCC(=O)NC(CC(=O)O)c2ccc(F)cc2)cc1. The summed E-state index contributed by atoms with van der Waals surface area (Å²) in [4.78, 5) is 35.4. The van der Waals surface area contributed by atoms with Gasteiger partial charge in [-0.2, -0.15) is 0 Å². The number of Topliss-reactive ketones (excluding diaryl/α,β-unsaturated/α-hetero) is 1. The van der Waals surface area contributed by atoms with E-state index in [9.17, 15) is 18.8 Å². The lowest BCUT2D eigenvalue weighted by Gasteiger charge is -2.17. The van der Waals surface area contributed by atoms with Crippen LogP contribution in [-0.2, 0) is 9.59 Å². The third-order valence-corrected chi connectivity index (χ3v) is 4.21. The minimum Gasteiger partial charge on any atom is -0.497 e. The Morgan fingerprint density at radius 3 is 2.25 bits per heavy atom. The quantitative estimate of drug-likeness (QED) is 0.609. The van der Waals surface area contributed by atoms with Crippen LogP contribution in [0.15, 0.2) is 48.5 Å². The van der Waals surface area contributed by atoms with Crippen molar-refractivity contribution in [3.8, 4) is 5.75 Å². The normalized spacial score (nSPS) is 11.5. The number of carbonyl (C=O) groups is 3. The van der Waals surface area contributed by atoms with Crippen LogP contribution in [0.25, 0.3) is 0 Å². The lowest BCUT2D eigenvalue weighted by Crippen LogP contribution is -2.30. The maximum atomic E-state index is 13.1. The van der Waals surface area contributed by atoms with Crippen molar-refractivity contribution in [2.75, 3.05) is 7.11 Å². The number of ether oxygens (including phenoxy) is 1.